The maximum atomic E-state index is 12.7. The maximum absolute atomic E-state index is 12.7. The maximum Gasteiger partial charge on any atom is 0.488 e. The quantitative estimate of drug-likeness (QED) is 0.0408. The zero-order valence-corrected chi connectivity index (χ0v) is 44.5. The molecular formula is C48H66BBrCl2N14O3S. The molecule has 2 saturated heterocycles. The van der Waals surface area contributed by atoms with E-state index in [2.05, 4.69) is 84.3 Å². The van der Waals surface area contributed by atoms with Gasteiger partial charge in [-0.05, 0) is 148 Å². The zero-order chi connectivity index (χ0) is 50.4. The molecule has 4 fully saturated rings. The number of nitrogens with one attached hydrogen (secondary N) is 1. The van der Waals surface area contributed by atoms with Crippen molar-refractivity contribution in [1.82, 2.24) is 33.5 Å². The number of rotatable bonds is 6. The van der Waals surface area contributed by atoms with Crippen molar-refractivity contribution in [2.24, 2.45) is 38.7 Å². The molecule has 3 atom stereocenters. The van der Waals surface area contributed by atoms with E-state index in [4.69, 9.17) is 49.0 Å². The van der Waals surface area contributed by atoms with Gasteiger partial charge in [0.15, 0.2) is 5.65 Å². The van der Waals surface area contributed by atoms with Crippen LogP contribution in [-0.4, -0.2) is 93.1 Å². The van der Waals surface area contributed by atoms with Crippen LogP contribution in [0, 0.1) is 24.7 Å². The molecular weight excluding hydrogens is 1010 g/mol. The lowest BCUT2D eigenvalue weighted by molar-refractivity contribution is 0.187. The van der Waals surface area contributed by atoms with Crippen LogP contribution in [0.1, 0.15) is 96.4 Å². The normalized spacial score (nSPS) is 20.0. The van der Waals surface area contributed by atoms with Gasteiger partial charge in [-0.2, -0.15) is 0 Å². The number of piperidine rings is 2. The lowest BCUT2D eigenvalue weighted by Crippen LogP contribution is -2.51. The molecule has 2 aromatic carbocycles. The van der Waals surface area contributed by atoms with Crippen molar-refractivity contribution >= 4 is 85.9 Å². The highest BCUT2D eigenvalue weighted by molar-refractivity contribution is 9.10. The Morgan fingerprint density at radius 2 is 1.31 bits per heavy atom. The fourth-order valence-corrected chi connectivity index (χ4v) is 12.3. The second-order valence-electron chi connectivity index (χ2n) is 19.7. The third-order valence-corrected chi connectivity index (χ3v) is 17.5. The molecule has 17 nitrogen and oxygen atoms in total. The van der Waals surface area contributed by atoms with E-state index >= 15 is 0 Å². The lowest BCUT2D eigenvalue weighted by Gasteiger charge is -2.44. The van der Waals surface area contributed by atoms with Crippen molar-refractivity contribution in [1.29, 1.82) is 0 Å². The molecule has 2 aliphatic carbocycles. The standard InChI is InChI=1S/C22H26ClN5.C20H30BrN5OS.C6H6BClO2.H4N4/c1-15-19(16-4-2-5-17(23)14-16)20-25-10-13-28(20)21(26-15)27-11-8-22(9-12-27)7-3-6-18(22)24;1-14-16(21)17-22-10-13-26(17)18(23-14)25-11-8-20(9-12-25)7-5-6-15(20)24-28(27)19(2,3)4;8-6-3-1-2-5(4-6)7(9)10;1-3-4-2/h2,4-5,10,13-14,18H,3,6-9,11-12,24H2,1H3;10,13,15,24H,5-9,11-12H2,1-4H3;1-4,9-10H;(H2,1,4)(H2,2,3)/t18-;15-,28-;;/m11../s1. The number of anilines is 2. The summed E-state index contributed by atoms with van der Waals surface area (Å²) in [6, 6.07) is 15.1. The van der Waals surface area contributed by atoms with Crippen molar-refractivity contribution in [3.63, 3.8) is 0 Å². The van der Waals surface area contributed by atoms with Crippen molar-refractivity contribution in [2.45, 2.75) is 116 Å². The molecule has 2 saturated carbocycles. The molecule has 4 aliphatic rings. The molecule has 0 bridgehead atoms. The smallest absolute Gasteiger partial charge is 0.423 e. The van der Waals surface area contributed by atoms with Crippen LogP contribution >= 0.6 is 39.1 Å². The van der Waals surface area contributed by atoms with Crippen molar-refractivity contribution in [3.05, 3.63) is 99.2 Å². The third-order valence-electron chi connectivity index (χ3n) is 14.4. The van der Waals surface area contributed by atoms with Gasteiger partial charge in [-0.3, -0.25) is 8.80 Å². The van der Waals surface area contributed by atoms with Crippen molar-refractivity contribution < 1.29 is 14.3 Å². The first-order valence-electron chi connectivity index (χ1n) is 23.8. The highest BCUT2D eigenvalue weighted by atomic mass is 79.9. The average Bonchev–Trinajstić information content (AvgIpc) is 4.17. The van der Waals surface area contributed by atoms with Crippen LogP contribution in [0.3, 0.4) is 0 Å². The summed E-state index contributed by atoms with van der Waals surface area (Å²) in [5.41, 5.74) is 13.4. The van der Waals surface area contributed by atoms with Gasteiger partial charge in [-0.25, -0.2) is 28.9 Å². The third kappa shape index (κ3) is 11.9. The minimum absolute atomic E-state index is 0.226. The fourth-order valence-electron chi connectivity index (χ4n) is 10.5. The van der Waals surface area contributed by atoms with Gasteiger partial charge >= 0.3 is 7.12 Å². The van der Waals surface area contributed by atoms with Crippen molar-refractivity contribution in [2.75, 3.05) is 36.0 Å². The highest BCUT2D eigenvalue weighted by Gasteiger charge is 2.47. The number of nitrogens with two attached hydrogens (primary N) is 3. The predicted octanol–water partition coefficient (Wildman–Crippen LogP) is 7.65. The van der Waals surface area contributed by atoms with Gasteiger partial charge in [0.2, 0.25) is 11.9 Å². The molecule has 10 rings (SSSR count). The summed E-state index contributed by atoms with van der Waals surface area (Å²) < 4.78 is 21.1. The number of hydrogen-bond donors (Lipinski definition) is 6. The summed E-state index contributed by atoms with van der Waals surface area (Å²) in [7, 11) is -2.44. The molecule has 0 unspecified atom stereocenters. The Bertz CT molecular complexity index is 2770. The van der Waals surface area contributed by atoms with Gasteiger partial charge < -0.3 is 37.3 Å². The van der Waals surface area contributed by atoms with Gasteiger partial charge in [0.25, 0.3) is 0 Å². The van der Waals surface area contributed by atoms with Gasteiger partial charge in [0.1, 0.15) is 5.65 Å². The monoisotopic (exact) mass is 1080 g/mol. The Kier molecular flexibility index (Phi) is 17.5. The summed E-state index contributed by atoms with van der Waals surface area (Å²) in [5.74, 6) is 10.7. The minimum atomic E-state index is -1.43. The van der Waals surface area contributed by atoms with E-state index in [9.17, 15) is 4.21 Å². The van der Waals surface area contributed by atoms with Crippen LogP contribution in [0.25, 0.3) is 22.4 Å². The fraction of sp³-hybridized carbons (Fsp3) is 0.500. The van der Waals surface area contributed by atoms with Crippen LogP contribution in [0.4, 0.5) is 11.9 Å². The molecule has 2 spiro atoms. The van der Waals surface area contributed by atoms with Gasteiger partial charge in [-0.15, -0.1) is 0 Å². The number of nitrogens with zero attached hydrogens (tertiary/aromatic N) is 10. The average molecular weight is 1080 g/mol. The van der Waals surface area contributed by atoms with Crippen LogP contribution in [0.15, 0.2) is 88.2 Å². The Labute approximate surface area is 431 Å². The number of aryl methyl sites for hydroxylation is 2. The summed E-state index contributed by atoms with van der Waals surface area (Å²) in [4.78, 5) is 23.8. The first kappa shape index (κ1) is 53.4. The van der Waals surface area contributed by atoms with Crippen LogP contribution < -0.4 is 37.4 Å². The number of imidazole rings is 2. The summed E-state index contributed by atoms with van der Waals surface area (Å²) in [6.07, 6.45) is 19.5. The molecule has 22 heteroatoms. The van der Waals surface area contributed by atoms with E-state index < -0.39 is 18.1 Å². The van der Waals surface area contributed by atoms with E-state index in [0.29, 0.717) is 28.0 Å². The van der Waals surface area contributed by atoms with Crippen LogP contribution in [0.5, 0.6) is 0 Å². The molecule has 4 aromatic heterocycles. The van der Waals surface area contributed by atoms with E-state index in [1.807, 2.05) is 70.7 Å². The Balaban J connectivity index is 0.000000163. The number of fused-ring (bicyclic) bond motifs is 2. The largest absolute Gasteiger partial charge is 0.488 e. The molecule has 376 valence electrons. The summed E-state index contributed by atoms with van der Waals surface area (Å²) in [6.45, 7) is 14.2. The van der Waals surface area contributed by atoms with E-state index in [1.54, 1.807) is 18.2 Å². The first-order chi connectivity index (χ1) is 33.4. The Morgan fingerprint density at radius 1 is 0.786 bits per heavy atom. The summed E-state index contributed by atoms with van der Waals surface area (Å²) >= 11 is 15.4. The number of halogens is 3. The number of hydrogen-bond acceptors (Lipinski definition) is 12. The lowest BCUT2D eigenvalue weighted by atomic mass is 9.74. The van der Waals surface area contributed by atoms with Crippen LogP contribution in [-0.2, 0) is 11.0 Å². The molecule has 2 aliphatic heterocycles. The number of aromatic nitrogens is 6. The molecule has 6 heterocycles. The first-order valence-corrected chi connectivity index (χ1v) is 26.5. The van der Waals surface area contributed by atoms with Gasteiger partial charge in [0, 0.05) is 78.7 Å². The molecule has 70 heavy (non-hydrogen) atoms. The molecule has 0 radical (unpaired) electrons. The zero-order valence-electron chi connectivity index (χ0n) is 40.6. The van der Waals surface area contributed by atoms with Gasteiger partial charge in [-0.1, -0.05) is 70.8 Å². The molecule has 0 amide bonds. The second-order valence-corrected chi connectivity index (χ2v) is 23.4. The van der Waals surface area contributed by atoms with E-state index in [1.165, 1.54) is 38.2 Å². The van der Waals surface area contributed by atoms with E-state index in [-0.39, 0.29) is 10.2 Å². The Morgan fingerprint density at radius 3 is 1.84 bits per heavy atom. The highest BCUT2D eigenvalue weighted by Crippen LogP contribution is 2.48. The van der Waals surface area contributed by atoms with Crippen molar-refractivity contribution in [3.8, 4) is 11.1 Å². The minimum Gasteiger partial charge on any atom is -0.423 e. The SMILES string of the molecule is Cc1nc(N2CCC3(CCC[C@H]3N)CC2)n2ccnc2c1-c1cccc(Cl)c1.Cc1nc(N2CCC3(CCC[C@H]3N[S@](=O)C(C)(C)C)CC2)n2ccnc2c1Br.N/N=N/N.OB(O)c1cccc(Cl)c1. The molecule has 9 N–H and O–H groups in total. The topological polar surface area (TPSA) is 239 Å². The molecule has 6 aromatic rings. The second kappa shape index (κ2) is 23.0. The van der Waals surface area contributed by atoms with Crippen LogP contribution in [0.2, 0.25) is 10.0 Å². The van der Waals surface area contributed by atoms with E-state index in [0.717, 1.165) is 113 Å². The Hall–Kier alpha value is -4.41. The number of benzene rings is 2. The summed E-state index contributed by atoms with van der Waals surface area (Å²) in [5, 5.41) is 23.8. The van der Waals surface area contributed by atoms with Gasteiger partial charge in [0.05, 0.1) is 31.6 Å². The predicted molar refractivity (Wildman–Crippen MR) is 286 cm³/mol.